The highest BCUT2D eigenvalue weighted by atomic mass is 32.2. The van der Waals surface area contributed by atoms with Gasteiger partial charge in [0.05, 0.1) is 22.8 Å². The molecule has 3 rings (SSSR count). The second-order valence-corrected chi connectivity index (χ2v) is 7.58. The maximum Gasteiger partial charge on any atom is 0.242 e. The maximum atomic E-state index is 12.8. The van der Waals surface area contributed by atoms with Crippen molar-refractivity contribution in [2.75, 3.05) is 13.3 Å². The summed E-state index contributed by atoms with van der Waals surface area (Å²) < 4.78 is 2.05. The molecule has 0 saturated carbocycles. The molecule has 0 aliphatic carbocycles. The second kappa shape index (κ2) is 7.40. The van der Waals surface area contributed by atoms with Gasteiger partial charge in [0.15, 0.2) is 0 Å². The Morgan fingerprint density at radius 1 is 1.33 bits per heavy atom. The number of rotatable bonds is 6. The second-order valence-electron chi connectivity index (χ2n) is 5.73. The van der Waals surface area contributed by atoms with Gasteiger partial charge in [-0.15, -0.1) is 11.3 Å². The number of aromatic nitrogens is 2. The zero-order valence-corrected chi connectivity index (χ0v) is 15.7. The minimum Gasteiger partial charge on any atom is -0.337 e. The number of imidazole rings is 1. The molecule has 6 heteroatoms. The Balaban J connectivity index is 1.85. The summed E-state index contributed by atoms with van der Waals surface area (Å²) in [5.41, 5.74) is 1.97. The lowest BCUT2D eigenvalue weighted by Crippen LogP contribution is -2.32. The standard InChI is InChI=1S/C18H21N3OS2/c1-13(16-9-6-10-24-16)20(2)18(22)11-21-15-8-5-4-7-14(15)19-17(21)12-23-3/h4-10,13H,11-12H2,1-3H3. The minimum absolute atomic E-state index is 0.0799. The quantitative estimate of drug-likeness (QED) is 0.663. The van der Waals surface area contributed by atoms with Crippen molar-refractivity contribution >= 4 is 40.0 Å². The largest absolute Gasteiger partial charge is 0.337 e. The first-order valence-electron chi connectivity index (χ1n) is 7.84. The fourth-order valence-corrected chi connectivity index (χ4v) is 4.03. The molecule has 0 bridgehead atoms. The van der Waals surface area contributed by atoms with Crippen molar-refractivity contribution in [3.63, 3.8) is 0 Å². The topological polar surface area (TPSA) is 38.1 Å². The first-order chi connectivity index (χ1) is 11.6. The van der Waals surface area contributed by atoms with Crippen LogP contribution in [0.5, 0.6) is 0 Å². The van der Waals surface area contributed by atoms with E-state index in [0.29, 0.717) is 6.54 Å². The molecule has 1 unspecified atom stereocenters. The van der Waals surface area contributed by atoms with Crippen LogP contribution in [-0.2, 0) is 17.1 Å². The molecule has 2 heterocycles. The van der Waals surface area contributed by atoms with Gasteiger partial charge in [-0.05, 0) is 36.8 Å². The van der Waals surface area contributed by atoms with Crippen LogP contribution in [0.15, 0.2) is 41.8 Å². The number of carbonyl (C=O) groups is 1. The van der Waals surface area contributed by atoms with Gasteiger partial charge in [0.2, 0.25) is 5.91 Å². The number of thioether (sulfide) groups is 1. The molecule has 0 spiro atoms. The van der Waals surface area contributed by atoms with Gasteiger partial charge in [0.25, 0.3) is 0 Å². The number of hydrogen-bond donors (Lipinski definition) is 0. The molecule has 3 aromatic rings. The van der Waals surface area contributed by atoms with Crippen LogP contribution < -0.4 is 0 Å². The third-order valence-electron chi connectivity index (χ3n) is 4.23. The van der Waals surface area contributed by atoms with Crippen molar-refractivity contribution in [1.29, 1.82) is 0 Å². The van der Waals surface area contributed by atoms with E-state index < -0.39 is 0 Å². The molecule has 2 aromatic heterocycles. The van der Waals surface area contributed by atoms with Gasteiger partial charge in [-0.2, -0.15) is 11.8 Å². The molecule has 4 nitrogen and oxygen atoms in total. The van der Waals surface area contributed by atoms with Crippen LogP contribution in [0.2, 0.25) is 0 Å². The number of nitrogens with zero attached hydrogens (tertiary/aromatic N) is 3. The molecular formula is C18H21N3OS2. The van der Waals surface area contributed by atoms with Crippen molar-refractivity contribution in [3.8, 4) is 0 Å². The number of carbonyl (C=O) groups excluding carboxylic acids is 1. The predicted octanol–water partition coefficient (Wildman–Crippen LogP) is 4.18. The number of para-hydroxylation sites is 2. The number of likely N-dealkylation sites (N-methyl/N-ethyl adjacent to an activating group) is 1. The summed E-state index contributed by atoms with van der Waals surface area (Å²) in [4.78, 5) is 20.5. The predicted molar refractivity (Wildman–Crippen MR) is 102 cm³/mol. The molecule has 1 amide bonds. The highest BCUT2D eigenvalue weighted by Crippen LogP contribution is 2.24. The van der Waals surface area contributed by atoms with Crippen LogP contribution >= 0.6 is 23.1 Å². The van der Waals surface area contributed by atoms with E-state index >= 15 is 0 Å². The van der Waals surface area contributed by atoms with Crippen LogP contribution in [0.4, 0.5) is 0 Å². The van der Waals surface area contributed by atoms with E-state index in [1.165, 1.54) is 4.88 Å². The molecule has 0 aliphatic heterocycles. The molecule has 1 aromatic carbocycles. The van der Waals surface area contributed by atoms with Crippen molar-refractivity contribution in [1.82, 2.24) is 14.5 Å². The number of fused-ring (bicyclic) bond motifs is 1. The lowest BCUT2D eigenvalue weighted by molar-refractivity contribution is -0.132. The van der Waals surface area contributed by atoms with E-state index in [1.807, 2.05) is 52.2 Å². The highest BCUT2D eigenvalue weighted by Gasteiger charge is 2.20. The highest BCUT2D eigenvalue weighted by molar-refractivity contribution is 7.97. The summed E-state index contributed by atoms with van der Waals surface area (Å²) in [6.07, 6.45) is 2.05. The molecule has 24 heavy (non-hydrogen) atoms. The lowest BCUT2D eigenvalue weighted by atomic mass is 10.2. The SMILES string of the molecule is CSCc1nc2ccccc2n1CC(=O)N(C)C(C)c1cccs1. The summed E-state index contributed by atoms with van der Waals surface area (Å²) in [6, 6.07) is 12.2. The molecule has 0 aliphatic rings. The van der Waals surface area contributed by atoms with Crippen molar-refractivity contribution in [2.45, 2.75) is 25.3 Å². The monoisotopic (exact) mass is 359 g/mol. The number of thiophene rings is 1. The molecule has 0 N–H and O–H groups in total. The molecule has 0 fully saturated rings. The summed E-state index contributed by atoms with van der Waals surface area (Å²) in [5, 5.41) is 2.05. The third-order valence-corrected chi connectivity index (χ3v) is 5.82. The Kier molecular flexibility index (Phi) is 5.26. The van der Waals surface area contributed by atoms with E-state index in [-0.39, 0.29) is 11.9 Å². The molecule has 0 saturated heterocycles. The average molecular weight is 360 g/mol. The Labute approximate surface area is 150 Å². The first-order valence-corrected chi connectivity index (χ1v) is 10.1. The van der Waals surface area contributed by atoms with Crippen LogP contribution in [0, 0.1) is 0 Å². The van der Waals surface area contributed by atoms with E-state index in [0.717, 1.165) is 22.6 Å². The van der Waals surface area contributed by atoms with Gasteiger partial charge in [0.1, 0.15) is 12.4 Å². The van der Waals surface area contributed by atoms with E-state index in [4.69, 9.17) is 0 Å². The van der Waals surface area contributed by atoms with Gasteiger partial charge >= 0.3 is 0 Å². The molecule has 126 valence electrons. The van der Waals surface area contributed by atoms with Crippen LogP contribution in [0.25, 0.3) is 11.0 Å². The lowest BCUT2D eigenvalue weighted by Gasteiger charge is -2.24. The Morgan fingerprint density at radius 2 is 2.12 bits per heavy atom. The normalized spacial score (nSPS) is 12.5. The van der Waals surface area contributed by atoms with Crippen LogP contribution in [0.3, 0.4) is 0 Å². The average Bonchev–Trinajstić information content (AvgIpc) is 3.23. The van der Waals surface area contributed by atoms with Gasteiger partial charge < -0.3 is 9.47 Å². The summed E-state index contributed by atoms with van der Waals surface area (Å²) in [5.74, 6) is 1.85. The van der Waals surface area contributed by atoms with Gasteiger partial charge in [-0.3, -0.25) is 4.79 Å². The van der Waals surface area contributed by atoms with E-state index in [1.54, 1.807) is 23.1 Å². The Hall–Kier alpha value is -1.79. The van der Waals surface area contributed by atoms with Crippen LogP contribution in [-0.4, -0.2) is 33.7 Å². The number of benzene rings is 1. The Morgan fingerprint density at radius 3 is 2.83 bits per heavy atom. The zero-order valence-electron chi connectivity index (χ0n) is 14.1. The molecular weight excluding hydrogens is 338 g/mol. The zero-order chi connectivity index (χ0) is 17.1. The Bertz CT molecular complexity index is 826. The summed E-state index contributed by atoms with van der Waals surface area (Å²) in [7, 11) is 1.88. The van der Waals surface area contributed by atoms with Crippen LogP contribution in [0.1, 0.15) is 23.7 Å². The number of amides is 1. The summed E-state index contributed by atoms with van der Waals surface area (Å²) >= 11 is 3.40. The van der Waals surface area contributed by atoms with Crippen molar-refractivity contribution < 1.29 is 4.79 Å². The van der Waals surface area contributed by atoms with Crippen molar-refractivity contribution in [2.24, 2.45) is 0 Å². The van der Waals surface area contributed by atoms with Gasteiger partial charge in [0, 0.05) is 11.9 Å². The molecule has 1 atom stereocenters. The van der Waals surface area contributed by atoms with E-state index in [2.05, 4.69) is 24.2 Å². The molecule has 0 radical (unpaired) electrons. The van der Waals surface area contributed by atoms with E-state index in [9.17, 15) is 4.79 Å². The third kappa shape index (κ3) is 3.35. The van der Waals surface area contributed by atoms with Gasteiger partial charge in [-0.25, -0.2) is 4.98 Å². The fraction of sp³-hybridized carbons (Fsp3) is 0.333. The van der Waals surface area contributed by atoms with Gasteiger partial charge in [-0.1, -0.05) is 18.2 Å². The smallest absolute Gasteiger partial charge is 0.242 e. The first kappa shape index (κ1) is 17.0. The summed E-state index contributed by atoms with van der Waals surface area (Å²) in [6.45, 7) is 2.39. The number of hydrogen-bond acceptors (Lipinski definition) is 4. The fourth-order valence-electron chi connectivity index (χ4n) is 2.72. The minimum atomic E-state index is 0.0799. The maximum absolute atomic E-state index is 12.8. The van der Waals surface area contributed by atoms with Crippen molar-refractivity contribution in [3.05, 3.63) is 52.5 Å².